The molecule has 0 aliphatic rings. The van der Waals surface area contributed by atoms with Gasteiger partial charge in [-0.05, 0) is 37.5 Å². The van der Waals surface area contributed by atoms with E-state index in [1.165, 1.54) is 0 Å². The molecule has 0 amide bonds. The number of aryl methyl sites for hydroxylation is 1. The number of nitrogens with zero attached hydrogens (tertiary/aromatic N) is 2. The predicted molar refractivity (Wildman–Crippen MR) is 106 cm³/mol. The summed E-state index contributed by atoms with van der Waals surface area (Å²) in [5.41, 5.74) is 1.49. The van der Waals surface area contributed by atoms with Crippen LogP contribution < -0.4 is 11.2 Å². The van der Waals surface area contributed by atoms with E-state index in [4.69, 9.17) is 0 Å². The number of hydrogen-bond donors (Lipinski definition) is 2. The van der Waals surface area contributed by atoms with Crippen LogP contribution in [0.1, 0.15) is 23.6 Å². The number of aromatic nitrogens is 2. The summed E-state index contributed by atoms with van der Waals surface area (Å²) in [7, 11) is 0. The maximum atomic E-state index is 12.3. The Hall–Kier alpha value is -3.41. The Morgan fingerprint density at radius 3 is 2.44 bits per heavy atom. The fraction of sp³-hybridized carbons (Fsp3) is 0.190. The summed E-state index contributed by atoms with van der Waals surface area (Å²) in [5.74, 6) is -0.404. The molecule has 0 bridgehead atoms. The molecule has 3 rings (SSSR count). The minimum Gasteiger partial charge on any atom is -0.493 e. The molecule has 0 aliphatic heterocycles. The molecule has 0 unspecified atom stereocenters. The van der Waals surface area contributed by atoms with Crippen LogP contribution in [0.2, 0.25) is 0 Å². The van der Waals surface area contributed by atoms with Crippen LogP contribution in [0.15, 0.2) is 69.2 Å². The highest BCUT2D eigenvalue weighted by molar-refractivity contribution is 6.00. The third-order valence-electron chi connectivity index (χ3n) is 4.40. The van der Waals surface area contributed by atoms with Crippen LogP contribution in [0.4, 0.5) is 0 Å². The van der Waals surface area contributed by atoms with Gasteiger partial charge in [0.1, 0.15) is 5.56 Å². The van der Waals surface area contributed by atoms with E-state index in [2.05, 4.69) is 9.98 Å². The van der Waals surface area contributed by atoms with E-state index in [0.29, 0.717) is 24.4 Å². The standard InChI is InChI=1S/C21H21N3O3/c1-14-8-6-7-11-17(14)24-20(26)18(19(25)23-21(24)27)15(2)22-13-12-16-9-4-3-5-10-16/h3-11,26H,12-13H2,1-2H3,(H,23,25,27). The summed E-state index contributed by atoms with van der Waals surface area (Å²) in [4.78, 5) is 31.3. The number of aromatic hydroxyl groups is 1. The first kappa shape index (κ1) is 18.4. The summed E-state index contributed by atoms with van der Waals surface area (Å²) in [5, 5.41) is 10.7. The van der Waals surface area contributed by atoms with Gasteiger partial charge in [-0.25, -0.2) is 9.36 Å². The van der Waals surface area contributed by atoms with E-state index < -0.39 is 17.1 Å². The van der Waals surface area contributed by atoms with E-state index in [1.54, 1.807) is 19.1 Å². The molecule has 6 nitrogen and oxygen atoms in total. The van der Waals surface area contributed by atoms with Crippen molar-refractivity contribution < 1.29 is 5.11 Å². The number of aromatic amines is 1. The number of para-hydroxylation sites is 1. The van der Waals surface area contributed by atoms with Gasteiger partial charge in [-0.1, -0.05) is 48.5 Å². The SMILES string of the molecule is CC(=NCCc1ccccc1)c1c(O)n(-c2ccccc2C)c(=O)[nH]c1=O. The van der Waals surface area contributed by atoms with Crippen molar-refractivity contribution in [2.24, 2.45) is 4.99 Å². The van der Waals surface area contributed by atoms with Crippen LogP contribution >= 0.6 is 0 Å². The number of nitrogens with one attached hydrogen (secondary N) is 1. The molecule has 0 spiro atoms. The highest BCUT2D eigenvalue weighted by Gasteiger charge is 2.18. The van der Waals surface area contributed by atoms with Crippen LogP contribution in [0.3, 0.4) is 0 Å². The first-order valence-corrected chi connectivity index (χ1v) is 8.68. The second kappa shape index (κ2) is 7.86. The van der Waals surface area contributed by atoms with Gasteiger partial charge in [-0.15, -0.1) is 0 Å². The third kappa shape index (κ3) is 3.89. The summed E-state index contributed by atoms with van der Waals surface area (Å²) in [6.45, 7) is 3.95. The minimum atomic E-state index is -0.687. The summed E-state index contributed by atoms with van der Waals surface area (Å²) >= 11 is 0. The fourth-order valence-electron chi connectivity index (χ4n) is 2.97. The first-order chi connectivity index (χ1) is 13.0. The summed E-state index contributed by atoms with van der Waals surface area (Å²) in [6, 6.07) is 17.0. The van der Waals surface area contributed by atoms with E-state index in [1.807, 2.05) is 49.4 Å². The molecule has 2 N–H and O–H groups in total. The topological polar surface area (TPSA) is 87.4 Å². The van der Waals surface area contributed by atoms with Crippen LogP contribution in [0.5, 0.6) is 5.88 Å². The Morgan fingerprint density at radius 1 is 1.07 bits per heavy atom. The normalized spacial score (nSPS) is 11.6. The summed E-state index contributed by atoms with van der Waals surface area (Å²) < 4.78 is 1.10. The van der Waals surface area contributed by atoms with Crippen molar-refractivity contribution in [1.29, 1.82) is 0 Å². The average Bonchev–Trinajstić information content (AvgIpc) is 2.64. The second-order valence-corrected chi connectivity index (χ2v) is 6.28. The van der Waals surface area contributed by atoms with Crippen molar-refractivity contribution in [3.05, 3.63) is 92.1 Å². The first-order valence-electron chi connectivity index (χ1n) is 8.68. The van der Waals surface area contributed by atoms with Gasteiger partial charge in [-0.3, -0.25) is 14.8 Å². The molecule has 1 heterocycles. The van der Waals surface area contributed by atoms with Gasteiger partial charge < -0.3 is 5.11 Å². The zero-order valence-corrected chi connectivity index (χ0v) is 15.3. The van der Waals surface area contributed by atoms with E-state index in [-0.39, 0.29) is 5.56 Å². The van der Waals surface area contributed by atoms with Crippen LogP contribution in [-0.2, 0) is 6.42 Å². The molecule has 6 heteroatoms. The molecular formula is C21H21N3O3. The van der Waals surface area contributed by atoms with Gasteiger partial charge in [0.05, 0.1) is 5.69 Å². The molecule has 0 saturated carbocycles. The molecule has 0 radical (unpaired) electrons. The Balaban J connectivity index is 1.99. The monoisotopic (exact) mass is 363 g/mol. The van der Waals surface area contributed by atoms with Crippen molar-refractivity contribution in [2.45, 2.75) is 20.3 Å². The highest BCUT2D eigenvalue weighted by atomic mass is 16.3. The summed E-state index contributed by atoms with van der Waals surface area (Å²) in [6.07, 6.45) is 0.717. The molecular weight excluding hydrogens is 342 g/mol. The molecule has 2 aromatic carbocycles. The van der Waals surface area contributed by atoms with E-state index in [9.17, 15) is 14.7 Å². The molecule has 0 aliphatic carbocycles. The van der Waals surface area contributed by atoms with Gasteiger partial charge in [0, 0.05) is 12.3 Å². The number of benzene rings is 2. The van der Waals surface area contributed by atoms with Crippen molar-refractivity contribution >= 4 is 5.71 Å². The van der Waals surface area contributed by atoms with Gasteiger partial charge in [0.25, 0.3) is 5.56 Å². The Bertz CT molecular complexity index is 1100. The van der Waals surface area contributed by atoms with Crippen LogP contribution in [0.25, 0.3) is 5.69 Å². The van der Waals surface area contributed by atoms with Crippen LogP contribution in [0, 0.1) is 6.92 Å². The molecule has 0 fully saturated rings. The van der Waals surface area contributed by atoms with E-state index >= 15 is 0 Å². The lowest BCUT2D eigenvalue weighted by Crippen LogP contribution is -2.33. The van der Waals surface area contributed by atoms with Gasteiger partial charge in [-0.2, -0.15) is 0 Å². The molecule has 3 aromatic rings. The van der Waals surface area contributed by atoms with Crippen molar-refractivity contribution in [2.75, 3.05) is 6.54 Å². The van der Waals surface area contributed by atoms with Crippen molar-refractivity contribution in [3.63, 3.8) is 0 Å². The Kier molecular flexibility index (Phi) is 5.35. The maximum absolute atomic E-state index is 12.3. The van der Waals surface area contributed by atoms with Gasteiger partial charge in [0.2, 0.25) is 5.88 Å². The lowest BCUT2D eigenvalue weighted by Gasteiger charge is -2.13. The zero-order valence-electron chi connectivity index (χ0n) is 15.3. The Labute approximate surface area is 156 Å². The molecule has 138 valence electrons. The van der Waals surface area contributed by atoms with Crippen LogP contribution in [-0.4, -0.2) is 26.9 Å². The molecule has 0 saturated heterocycles. The highest BCUT2D eigenvalue weighted by Crippen LogP contribution is 2.19. The van der Waals surface area contributed by atoms with Crippen molar-refractivity contribution in [3.8, 4) is 11.6 Å². The molecule has 27 heavy (non-hydrogen) atoms. The lowest BCUT2D eigenvalue weighted by atomic mass is 10.1. The quantitative estimate of drug-likeness (QED) is 0.683. The third-order valence-corrected chi connectivity index (χ3v) is 4.40. The smallest absolute Gasteiger partial charge is 0.335 e. The number of rotatable bonds is 5. The lowest BCUT2D eigenvalue weighted by molar-refractivity contribution is 0.429. The molecule has 1 aromatic heterocycles. The average molecular weight is 363 g/mol. The fourth-order valence-corrected chi connectivity index (χ4v) is 2.97. The van der Waals surface area contributed by atoms with E-state index in [0.717, 1.165) is 15.7 Å². The van der Waals surface area contributed by atoms with Gasteiger partial charge >= 0.3 is 5.69 Å². The minimum absolute atomic E-state index is 0.00548. The zero-order chi connectivity index (χ0) is 19.4. The predicted octanol–water partition coefficient (Wildman–Crippen LogP) is 2.59. The maximum Gasteiger partial charge on any atom is 0.335 e. The molecule has 0 atom stereocenters. The number of aliphatic imine (C=N–C) groups is 1. The Morgan fingerprint density at radius 2 is 1.74 bits per heavy atom. The van der Waals surface area contributed by atoms with Crippen molar-refractivity contribution in [1.82, 2.24) is 9.55 Å². The largest absolute Gasteiger partial charge is 0.493 e. The second-order valence-electron chi connectivity index (χ2n) is 6.28. The number of hydrogen-bond acceptors (Lipinski definition) is 4. The van der Waals surface area contributed by atoms with Gasteiger partial charge in [0.15, 0.2) is 0 Å². The number of H-pyrrole nitrogens is 1.